The van der Waals surface area contributed by atoms with E-state index in [9.17, 15) is 14.5 Å². The van der Waals surface area contributed by atoms with E-state index in [2.05, 4.69) is 20.0 Å². The number of hydrogen-bond donors (Lipinski definition) is 3. The van der Waals surface area contributed by atoms with Crippen LogP contribution < -0.4 is 20.1 Å². The van der Waals surface area contributed by atoms with Gasteiger partial charge in [0, 0.05) is 5.92 Å². The number of hydrogen-bond acceptors (Lipinski definition) is 9. The molecule has 0 saturated carbocycles. The highest BCUT2D eigenvalue weighted by atomic mass is 35.5. The molecule has 0 aliphatic heterocycles. The molecule has 2 heterocycles. The maximum atomic E-state index is 13.4. The Hall–Kier alpha value is -3.18. The molecule has 1 aliphatic rings. The minimum absolute atomic E-state index is 0.00113. The number of halogens is 1. The number of imidazole rings is 1. The second-order valence-electron chi connectivity index (χ2n) is 7.87. The summed E-state index contributed by atoms with van der Waals surface area (Å²) in [7, 11) is -2.61. The molecular weight excluding hydrogens is 499 g/mol. The van der Waals surface area contributed by atoms with E-state index in [0.29, 0.717) is 17.6 Å². The van der Waals surface area contributed by atoms with Gasteiger partial charge in [-0.05, 0) is 25.5 Å². The number of aromatic nitrogens is 4. The molecule has 0 spiro atoms. The first kappa shape index (κ1) is 24.9. The highest BCUT2D eigenvalue weighted by Crippen LogP contribution is 2.47. The number of nitrogens with two attached hydrogens (primary N) is 1. The molecule has 12 nitrogen and oxygen atoms in total. The van der Waals surface area contributed by atoms with Crippen molar-refractivity contribution in [3.8, 4) is 11.6 Å². The Morgan fingerprint density at radius 3 is 2.86 bits per heavy atom. The van der Waals surface area contributed by atoms with Crippen molar-refractivity contribution in [3.05, 3.63) is 47.8 Å². The molecule has 4 atom stereocenters. The van der Waals surface area contributed by atoms with Gasteiger partial charge >= 0.3 is 13.7 Å². The van der Waals surface area contributed by atoms with Gasteiger partial charge in [0.2, 0.25) is 11.8 Å². The minimum Gasteiger partial charge on any atom is -0.480 e. The number of fused-ring (bicyclic) bond motifs is 1. The third-order valence-electron chi connectivity index (χ3n) is 5.34. The number of allylic oxidation sites excluding steroid dienone is 1. The van der Waals surface area contributed by atoms with Crippen LogP contribution >= 0.6 is 19.3 Å². The fourth-order valence-corrected chi connectivity index (χ4v) is 5.40. The predicted octanol–water partition coefficient (Wildman–Crippen LogP) is 3.45. The number of carboxylic acids is 1. The van der Waals surface area contributed by atoms with Gasteiger partial charge in [-0.2, -0.15) is 15.1 Å². The number of nitrogens with one attached hydrogen (secondary N) is 1. The quantitative estimate of drug-likeness (QED) is 0.264. The molecule has 1 unspecified atom stereocenters. The van der Waals surface area contributed by atoms with Gasteiger partial charge in [-0.1, -0.05) is 35.9 Å². The molecule has 35 heavy (non-hydrogen) atoms. The third-order valence-corrected chi connectivity index (χ3v) is 7.28. The summed E-state index contributed by atoms with van der Waals surface area (Å²) in [4.78, 5) is 24.0. The van der Waals surface area contributed by atoms with Crippen molar-refractivity contribution in [2.75, 3.05) is 19.5 Å². The Kier molecular flexibility index (Phi) is 7.27. The Bertz CT molecular complexity index is 1320. The van der Waals surface area contributed by atoms with Crippen molar-refractivity contribution in [2.24, 2.45) is 5.92 Å². The zero-order valence-corrected chi connectivity index (χ0v) is 20.5. The maximum Gasteiger partial charge on any atom is 0.459 e. The van der Waals surface area contributed by atoms with E-state index in [1.54, 1.807) is 24.5 Å². The third kappa shape index (κ3) is 5.57. The highest BCUT2D eigenvalue weighted by molar-refractivity contribution is 7.52. The molecular formula is C21H24ClN6O6P. The van der Waals surface area contributed by atoms with Crippen LogP contribution in [0.25, 0.3) is 11.2 Å². The summed E-state index contributed by atoms with van der Waals surface area (Å²) >= 11 is 6.12. The average Bonchev–Trinajstić information content (AvgIpc) is 3.45. The van der Waals surface area contributed by atoms with Crippen molar-refractivity contribution in [1.29, 1.82) is 0 Å². The van der Waals surface area contributed by atoms with Crippen LogP contribution in [-0.4, -0.2) is 50.4 Å². The first-order valence-electron chi connectivity index (χ1n) is 10.6. The van der Waals surface area contributed by atoms with Gasteiger partial charge < -0.3 is 24.7 Å². The summed E-state index contributed by atoms with van der Waals surface area (Å²) in [5.74, 6) is -0.901. The number of methoxy groups -OCH3 is 1. The van der Waals surface area contributed by atoms with Gasteiger partial charge in [-0.25, -0.2) is 9.55 Å². The van der Waals surface area contributed by atoms with Crippen molar-refractivity contribution in [2.45, 2.75) is 25.4 Å². The number of aliphatic carboxylic acids is 1. The molecule has 2 aromatic heterocycles. The molecule has 1 aromatic carbocycles. The standard InChI is InChI=1S/C21H24ClN6O6P/c1-12(20(29)30)27-35(31,34-16-6-4-3-5-15(16)22)33-10-13-7-8-14(9-13)28-11-24-17-18(28)25-21(23)26-19(17)32-2/h3-8,11-14H,9-10H2,1-2H3,(H,27,31)(H,29,30)(H2,23,25,26)/t12-,13+,14-,35?/m0/s1. The predicted molar refractivity (Wildman–Crippen MR) is 128 cm³/mol. The van der Waals surface area contributed by atoms with Crippen LogP contribution in [0.4, 0.5) is 5.95 Å². The number of rotatable bonds is 10. The molecule has 0 saturated heterocycles. The maximum absolute atomic E-state index is 13.4. The van der Waals surface area contributed by atoms with Crippen LogP contribution in [0.5, 0.6) is 11.6 Å². The minimum atomic E-state index is -4.09. The van der Waals surface area contributed by atoms with Gasteiger partial charge in [0.05, 0.1) is 31.1 Å². The second-order valence-corrected chi connectivity index (χ2v) is 9.97. The molecule has 0 amide bonds. The van der Waals surface area contributed by atoms with Crippen LogP contribution in [0.1, 0.15) is 19.4 Å². The molecule has 1 aliphatic carbocycles. The van der Waals surface area contributed by atoms with E-state index in [1.165, 1.54) is 20.1 Å². The molecule has 0 bridgehead atoms. The van der Waals surface area contributed by atoms with Crippen LogP contribution in [0.15, 0.2) is 42.7 Å². The van der Waals surface area contributed by atoms with Crippen molar-refractivity contribution in [3.63, 3.8) is 0 Å². The number of nitrogens with zero attached hydrogens (tertiary/aromatic N) is 4. The topological polar surface area (TPSA) is 164 Å². The van der Waals surface area contributed by atoms with Crippen LogP contribution in [-0.2, 0) is 13.9 Å². The Labute approximate surface area is 205 Å². The normalized spacial score (nSPS) is 20.0. The number of nitrogen functional groups attached to an aromatic ring is 1. The van der Waals surface area contributed by atoms with Crippen LogP contribution in [0.2, 0.25) is 5.02 Å². The first-order valence-corrected chi connectivity index (χ1v) is 12.5. The largest absolute Gasteiger partial charge is 0.480 e. The molecule has 4 N–H and O–H groups in total. The van der Waals surface area contributed by atoms with Crippen molar-refractivity contribution < 1.29 is 28.3 Å². The van der Waals surface area contributed by atoms with Gasteiger partial charge in [0.15, 0.2) is 11.2 Å². The SMILES string of the molecule is COc1nc(N)nc2c1ncn2[C@H]1C=C[C@@H](COP(=O)(N[C@@H](C)C(=O)O)Oc2ccccc2Cl)C1. The second kappa shape index (κ2) is 10.2. The molecule has 0 fully saturated rings. The van der Waals surface area contributed by atoms with Gasteiger partial charge in [-0.3, -0.25) is 9.32 Å². The van der Waals surface area contributed by atoms with Crippen LogP contribution in [0.3, 0.4) is 0 Å². The lowest BCUT2D eigenvalue weighted by Crippen LogP contribution is -2.33. The highest BCUT2D eigenvalue weighted by Gasteiger charge is 2.34. The molecule has 14 heteroatoms. The fourth-order valence-electron chi connectivity index (χ4n) is 3.60. The Balaban J connectivity index is 1.48. The summed E-state index contributed by atoms with van der Waals surface area (Å²) in [5, 5.41) is 11.9. The number of carbonyl (C=O) groups is 1. The lowest BCUT2D eigenvalue weighted by Gasteiger charge is -2.23. The number of carboxylic acid groups (broad SMARTS) is 1. The smallest absolute Gasteiger partial charge is 0.459 e. The average molecular weight is 523 g/mol. The van der Waals surface area contributed by atoms with Gasteiger partial charge in [0.1, 0.15) is 11.8 Å². The number of benzene rings is 1. The van der Waals surface area contributed by atoms with Crippen molar-refractivity contribution >= 4 is 42.4 Å². The summed E-state index contributed by atoms with van der Waals surface area (Å²) in [6, 6.07) is 5.11. The van der Waals surface area contributed by atoms with E-state index in [4.69, 9.17) is 31.1 Å². The Morgan fingerprint density at radius 2 is 2.14 bits per heavy atom. The first-order chi connectivity index (χ1) is 16.7. The lowest BCUT2D eigenvalue weighted by molar-refractivity contribution is -0.138. The molecule has 3 aromatic rings. The van der Waals surface area contributed by atoms with E-state index >= 15 is 0 Å². The van der Waals surface area contributed by atoms with E-state index in [0.717, 1.165) is 0 Å². The van der Waals surface area contributed by atoms with Crippen molar-refractivity contribution in [1.82, 2.24) is 24.6 Å². The van der Waals surface area contributed by atoms with Gasteiger partial charge in [0.25, 0.3) is 0 Å². The number of ether oxygens (including phenoxy) is 1. The fraction of sp³-hybridized carbons (Fsp3) is 0.333. The summed E-state index contributed by atoms with van der Waals surface area (Å²) in [6.45, 7) is 1.34. The Morgan fingerprint density at radius 1 is 1.37 bits per heavy atom. The molecule has 4 rings (SSSR count). The van der Waals surface area contributed by atoms with Crippen LogP contribution in [0, 0.1) is 5.92 Å². The van der Waals surface area contributed by atoms with Gasteiger partial charge in [-0.15, -0.1) is 0 Å². The van der Waals surface area contributed by atoms with E-state index in [1.807, 2.05) is 16.7 Å². The number of anilines is 1. The zero-order chi connectivity index (χ0) is 25.2. The zero-order valence-electron chi connectivity index (χ0n) is 18.9. The number of para-hydroxylation sites is 1. The molecule has 0 radical (unpaired) electrons. The van der Waals surface area contributed by atoms with E-state index < -0.39 is 19.8 Å². The summed E-state index contributed by atoms with van der Waals surface area (Å²) in [6.07, 6.45) is 6.07. The summed E-state index contributed by atoms with van der Waals surface area (Å²) < 4.78 is 31.7. The van der Waals surface area contributed by atoms with E-state index in [-0.39, 0.29) is 41.2 Å². The summed E-state index contributed by atoms with van der Waals surface area (Å²) in [5.41, 5.74) is 6.81. The monoisotopic (exact) mass is 522 g/mol. The molecule has 186 valence electrons. The lowest BCUT2D eigenvalue weighted by atomic mass is 10.1.